The van der Waals surface area contributed by atoms with Crippen LogP contribution in [0.1, 0.15) is 48.0 Å². The Morgan fingerprint density at radius 2 is 2.11 bits per heavy atom. The van der Waals surface area contributed by atoms with Crippen molar-refractivity contribution in [3.8, 4) is 0 Å². The first kappa shape index (κ1) is 13.1. The summed E-state index contributed by atoms with van der Waals surface area (Å²) >= 11 is 0. The largest absolute Gasteiger partial charge is 0.478 e. The summed E-state index contributed by atoms with van der Waals surface area (Å²) in [5.41, 5.74) is 1.59. The number of carboxylic acid groups (broad SMARTS) is 1. The summed E-state index contributed by atoms with van der Waals surface area (Å²) < 4.78 is 0. The standard InChI is InChI=1S/C15H21NO2/c1-2-8-16-9-6-12(7-10-16)13-4-3-5-14(11-13)15(17)18/h3-5,11-12H,2,6-10H2,1H3,(H,17,18). The summed E-state index contributed by atoms with van der Waals surface area (Å²) in [7, 11) is 0. The second-order valence-electron chi connectivity index (χ2n) is 5.05. The van der Waals surface area contributed by atoms with Gasteiger partial charge in [-0.2, -0.15) is 0 Å². The lowest BCUT2D eigenvalue weighted by Crippen LogP contribution is -2.33. The molecule has 2 rings (SSSR count). The van der Waals surface area contributed by atoms with Crippen LogP contribution >= 0.6 is 0 Å². The van der Waals surface area contributed by atoms with Crippen LogP contribution in [0.15, 0.2) is 24.3 Å². The van der Waals surface area contributed by atoms with Crippen molar-refractivity contribution < 1.29 is 9.90 Å². The van der Waals surface area contributed by atoms with Gasteiger partial charge in [-0.05, 0) is 62.5 Å². The predicted molar refractivity (Wildman–Crippen MR) is 72.1 cm³/mol. The molecule has 0 radical (unpaired) electrons. The van der Waals surface area contributed by atoms with Gasteiger partial charge in [0, 0.05) is 0 Å². The maximum absolute atomic E-state index is 11.0. The number of hydrogen-bond acceptors (Lipinski definition) is 2. The lowest BCUT2D eigenvalue weighted by Gasteiger charge is -2.32. The fraction of sp³-hybridized carbons (Fsp3) is 0.533. The molecule has 0 saturated carbocycles. The number of aromatic carboxylic acids is 1. The van der Waals surface area contributed by atoms with Crippen molar-refractivity contribution in [2.75, 3.05) is 19.6 Å². The maximum Gasteiger partial charge on any atom is 0.335 e. The number of piperidine rings is 1. The van der Waals surface area contributed by atoms with Crippen molar-refractivity contribution in [2.24, 2.45) is 0 Å². The van der Waals surface area contributed by atoms with Crippen LogP contribution in [-0.4, -0.2) is 35.6 Å². The zero-order valence-electron chi connectivity index (χ0n) is 10.9. The Balaban J connectivity index is 2.01. The molecule has 0 amide bonds. The predicted octanol–water partition coefficient (Wildman–Crippen LogP) is 2.97. The van der Waals surface area contributed by atoms with Gasteiger partial charge >= 0.3 is 5.97 Å². The number of likely N-dealkylation sites (tertiary alicyclic amines) is 1. The average Bonchev–Trinajstić information content (AvgIpc) is 2.40. The van der Waals surface area contributed by atoms with Gasteiger partial charge in [-0.3, -0.25) is 0 Å². The molecule has 1 heterocycles. The van der Waals surface area contributed by atoms with Crippen molar-refractivity contribution in [2.45, 2.75) is 32.1 Å². The minimum absolute atomic E-state index is 0.406. The summed E-state index contributed by atoms with van der Waals surface area (Å²) in [6, 6.07) is 7.42. The topological polar surface area (TPSA) is 40.5 Å². The molecule has 98 valence electrons. The Hall–Kier alpha value is -1.35. The summed E-state index contributed by atoms with van der Waals surface area (Å²) in [6.07, 6.45) is 3.49. The first-order valence-electron chi connectivity index (χ1n) is 6.76. The summed E-state index contributed by atoms with van der Waals surface area (Å²) in [5.74, 6) is -0.308. The molecule has 1 aromatic carbocycles. The molecule has 0 spiro atoms. The van der Waals surface area contributed by atoms with Crippen LogP contribution in [0.3, 0.4) is 0 Å². The number of hydrogen-bond donors (Lipinski definition) is 1. The zero-order valence-corrected chi connectivity index (χ0v) is 10.9. The Morgan fingerprint density at radius 1 is 1.39 bits per heavy atom. The van der Waals surface area contributed by atoms with Gasteiger partial charge in [-0.15, -0.1) is 0 Å². The number of carboxylic acids is 1. The molecule has 1 N–H and O–H groups in total. The van der Waals surface area contributed by atoms with E-state index in [1.54, 1.807) is 6.07 Å². The fourth-order valence-electron chi connectivity index (χ4n) is 2.73. The first-order chi connectivity index (χ1) is 8.70. The SMILES string of the molecule is CCCN1CCC(c2cccc(C(=O)O)c2)CC1. The maximum atomic E-state index is 11.0. The molecule has 0 atom stereocenters. The van der Waals surface area contributed by atoms with Gasteiger partial charge < -0.3 is 10.0 Å². The quantitative estimate of drug-likeness (QED) is 0.889. The lowest BCUT2D eigenvalue weighted by atomic mass is 9.88. The minimum Gasteiger partial charge on any atom is -0.478 e. The number of benzene rings is 1. The van der Waals surface area contributed by atoms with Crippen LogP contribution in [0.5, 0.6) is 0 Å². The summed E-state index contributed by atoms with van der Waals surface area (Å²) in [6.45, 7) is 5.66. The summed E-state index contributed by atoms with van der Waals surface area (Å²) in [4.78, 5) is 13.5. The van der Waals surface area contributed by atoms with E-state index in [1.807, 2.05) is 12.1 Å². The molecule has 1 saturated heterocycles. The Bertz CT molecular complexity index is 409. The van der Waals surface area contributed by atoms with Crippen molar-refractivity contribution in [1.29, 1.82) is 0 Å². The third-order valence-electron chi connectivity index (χ3n) is 3.73. The van der Waals surface area contributed by atoms with E-state index in [2.05, 4.69) is 17.9 Å². The van der Waals surface area contributed by atoms with Crippen LogP contribution in [0, 0.1) is 0 Å². The van der Waals surface area contributed by atoms with E-state index >= 15 is 0 Å². The number of rotatable bonds is 4. The first-order valence-corrected chi connectivity index (χ1v) is 6.76. The van der Waals surface area contributed by atoms with Gasteiger partial charge in [0.15, 0.2) is 0 Å². The molecule has 3 nitrogen and oxygen atoms in total. The molecule has 0 aliphatic carbocycles. The molecule has 3 heteroatoms. The Morgan fingerprint density at radius 3 is 2.72 bits per heavy atom. The monoisotopic (exact) mass is 247 g/mol. The van der Waals surface area contributed by atoms with Gasteiger partial charge in [0.05, 0.1) is 5.56 Å². The zero-order chi connectivity index (χ0) is 13.0. The Labute approximate surface area is 108 Å². The second kappa shape index (κ2) is 6.01. The van der Waals surface area contributed by atoms with Gasteiger partial charge in [0.1, 0.15) is 0 Å². The Kier molecular flexibility index (Phi) is 4.37. The smallest absolute Gasteiger partial charge is 0.335 e. The van der Waals surface area contributed by atoms with E-state index in [0.29, 0.717) is 11.5 Å². The van der Waals surface area contributed by atoms with E-state index in [-0.39, 0.29) is 0 Å². The van der Waals surface area contributed by atoms with E-state index in [4.69, 9.17) is 5.11 Å². The van der Waals surface area contributed by atoms with Gasteiger partial charge in [0.25, 0.3) is 0 Å². The van der Waals surface area contributed by atoms with Crippen LogP contribution in [-0.2, 0) is 0 Å². The second-order valence-corrected chi connectivity index (χ2v) is 5.05. The van der Waals surface area contributed by atoms with Crippen LogP contribution in [0.2, 0.25) is 0 Å². The van der Waals surface area contributed by atoms with Crippen molar-refractivity contribution >= 4 is 5.97 Å². The minimum atomic E-state index is -0.833. The molecule has 1 aliphatic heterocycles. The molecule has 18 heavy (non-hydrogen) atoms. The average molecular weight is 247 g/mol. The molecule has 1 aromatic rings. The number of carbonyl (C=O) groups is 1. The summed E-state index contributed by atoms with van der Waals surface area (Å²) in [5, 5.41) is 9.01. The lowest BCUT2D eigenvalue weighted by molar-refractivity contribution is 0.0696. The number of nitrogens with zero attached hydrogens (tertiary/aromatic N) is 1. The molecule has 0 unspecified atom stereocenters. The van der Waals surface area contributed by atoms with E-state index < -0.39 is 5.97 Å². The highest BCUT2D eigenvalue weighted by molar-refractivity contribution is 5.87. The fourth-order valence-corrected chi connectivity index (χ4v) is 2.73. The van der Waals surface area contributed by atoms with Crippen molar-refractivity contribution in [1.82, 2.24) is 4.90 Å². The van der Waals surface area contributed by atoms with Crippen molar-refractivity contribution in [3.63, 3.8) is 0 Å². The third kappa shape index (κ3) is 3.10. The van der Waals surface area contributed by atoms with Crippen molar-refractivity contribution in [3.05, 3.63) is 35.4 Å². The molecule has 0 aromatic heterocycles. The molecule has 1 fully saturated rings. The van der Waals surface area contributed by atoms with Crippen LogP contribution in [0.4, 0.5) is 0 Å². The van der Waals surface area contributed by atoms with Crippen LogP contribution < -0.4 is 0 Å². The third-order valence-corrected chi connectivity index (χ3v) is 3.73. The van der Waals surface area contributed by atoms with Gasteiger partial charge in [0.2, 0.25) is 0 Å². The van der Waals surface area contributed by atoms with Crippen LogP contribution in [0.25, 0.3) is 0 Å². The van der Waals surface area contributed by atoms with Gasteiger partial charge in [-0.25, -0.2) is 4.79 Å². The molecular weight excluding hydrogens is 226 g/mol. The molecule has 0 bridgehead atoms. The molecular formula is C15H21NO2. The molecule has 1 aliphatic rings. The van der Waals surface area contributed by atoms with E-state index in [1.165, 1.54) is 18.5 Å². The van der Waals surface area contributed by atoms with E-state index in [9.17, 15) is 4.79 Å². The highest BCUT2D eigenvalue weighted by atomic mass is 16.4. The van der Waals surface area contributed by atoms with Gasteiger partial charge in [-0.1, -0.05) is 19.1 Å². The van der Waals surface area contributed by atoms with E-state index in [0.717, 1.165) is 25.9 Å². The highest BCUT2D eigenvalue weighted by Crippen LogP contribution is 2.28. The highest BCUT2D eigenvalue weighted by Gasteiger charge is 2.20. The normalized spacial score (nSPS) is 17.8.